The molecule has 1 amide bonds. The number of phenolic OH excluding ortho intramolecular Hbond substituents is 1. The largest absolute Gasteiger partial charge is 0.505 e. The number of carbonyl (C=O) groups is 1. The highest BCUT2D eigenvalue weighted by Gasteiger charge is 2.24. The van der Waals surface area contributed by atoms with Gasteiger partial charge in [-0.1, -0.05) is 12.1 Å². The lowest BCUT2D eigenvalue weighted by Gasteiger charge is -2.13. The monoisotopic (exact) mass is 596 g/mol. The molecular formula is C25H29ClN4O7S2. The van der Waals surface area contributed by atoms with Gasteiger partial charge in [0.2, 0.25) is 5.91 Å². The molecule has 0 unspecified atom stereocenters. The number of alkyl halides is 1. The van der Waals surface area contributed by atoms with Gasteiger partial charge in [0.1, 0.15) is 16.3 Å². The molecule has 3 aromatic rings. The number of aryl methyl sites for hydroxylation is 2. The second-order valence-corrected chi connectivity index (χ2v) is 12.2. The van der Waals surface area contributed by atoms with Crippen molar-refractivity contribution < 1.29 is 31.3 Å². The van der Waals surface area contributed by atoms with Gasteiger partial charge in [-0.25, -0.2) is 8.42 Å². The summed E-state index contributed by atoms with van der Waals surface area (Å²) in [4.78, 5) is 11.5. The van der Waals surface area contributed by atoms with Crippen LogP contribution in [0.2, 0.25) is 0 Å². The zero-order valence-corrected chi connectivity index (χ0v) is 23.9. The summed E-state index contributed by atoms with van der Waals surface area (Å²) in [6.45, 7) is 9.47. The van der Waals surface area contributed by atoms with Gasteiger partial charge in [-0.3, -0.25) is 9.35 Å². The molecular weight excluding hydrogens is 568 g/mol. The molecule has 0 saturated carbocycles. The van der Waals surface area contributed by atoms with Gasteiger partial charge in [-0.05, 0) is 54.6 Å². The number of rotatable bonds is 9. The number of azo groups is 1. The van der Waals surface area contributed by atoms with Crippen molar-refractivity contribution in [2.45, 2.75) is 18.7 Å². The number of sulfone groups is 1. The predicted octanol–water partition coefficient (Wildman–Crippen LogP) is 5.26. The van der Waals surface area contributed by atoms with Crippen LogP contribution < -0.4 is 10.6 Å². The van der Waals surface area contributed by atoms with Gasteiger partial charge in [0.05, 0.1) is 11.4 Å². The molecule has 3 aromatic carbocycles. The zero-order chi connectivity index (χ0) is 29.5. The summed E-state index contributed by atoms with van der Waals surface area (Å²) in [5.74, 6) is -2.50. The van der Waals surface area contributed by atoms with E-state index in [0.29, 0.717) is 16.6 Å². The number of benzene rings is 3. The average molecular weight is 597 g/mol. The number of nitrogens with zero attached hydrogens (tertiary/aromatic N) is 2. The highest BCUT2D eigenvalue weighted by atomic mass is 35.5. The first-order valence-electron chi connectivity index (χ1n) is 11.3. The van der Waals surface area contributed by atoms with Crippen molar-refractivity contribution in [1.82, 2.24) is 0 Å². The number of carbonyl (C=O) groups excluding carboxylic acids is 1. The van der Waals surface area contributed by atoms with E-state index in [9.17, 15) is 31.3 Å². The first-order chi connectivity index (χ1) is 18.3. The molecule has 0 spiro atoms. The normalized spacial score (nSPS) is 11.7. The summed E-state index contributed by atoms with van der Waals surface area (Å²) in [5, 5.41) is 25.0. The van der Waals surface area contributed by atoms with Crippen LogP contribution in [0.4, 0.5) is 22.7 Å². The minimum atomic E-state index is -4.80. The van der Waals surface area contributed by atoms with Gasteiger partial charge < -0.3 is 15.7 Å². The first kappa shape index (κ1) is 31.7. The molecule has 0 bridgehead atoms. The van der Waals surface area contributed by atoms with Crippen LogP contribution in [0, 0.1) is 13.8 Å². The summed E-state index contributed by atoms with van der Waals surface area (Å²) in [6, 6.07) is 9.10. The molecule has 39 heavy (non-hydrogen) atoms. The second-order valence-electron chi connectivity index (χ2n) is 8.24. The number of anilines is 2. The molecule has 4 N–H and O–H groups in total. The SMILES string of the molecule is C=C.CNc1cc(C)cc2cc(S(=O)(=O)O)c(N=Nc3cc(NC(=O)CS(=O)(=O)CCCl)ccc3C)c(O)c12. The summed E-state index contributed by atoms with van der Waals surface area (Å²) in [7, 11) is -6.83. The molecule has 11 nitrogen and oxygen atoms in total. The molecule has 0 radical (unpaired) electrons. The van der Waals surface area contributed by atoms with Crippen LogP contribution in [0.25, 0.3) is 10.8 Å². The van der Waals surface area contributed by atoms with Crippen LogP contribution >= 0.6 is 11.6 Å². The number of aromatic hydroxyl groups is 1. The van der Waals surface area contributed by atoms with Crippen molar-refractivity contribution in [2.24, 2.45) is 10.2 Å². The van der Waals surface area contributed by atoms with Gasteiger partial charge in [-0.15, -0.1) is 29.9 Å². The van der Waals surface area contributed by atoms with Crippen molar-refractivity contribution in [3.63, 3.8) is 0 Å². The molecule has 0 aliphatic rings. The molecule has 210 valence electrons. The molecule has 0 aliphatic carbocycles. The Balaban J connectivity index is 0.00000260. The lowest BCUT2D eigenvalue weighted by atomic mass is 10.0. The smallest absolute Gasteiger partial charge is 0.296 e. The third-order valence-electron chi connectivity index (χ3n) is 5.33. The van der Waals surface area contributed by atoms with Crippen LogP contribution in [0.5, 0.6) is 5.75 Å². The van der Waals surface area contributed by atoms with E-state index in [1.54, 1.807) is 39.1 Å². The van der Waals surface area contributed by atoms with Gasteiger partial charge in [0.25, 0.3) is 10.1 Å². The summed E-state index contributed by atoms with van der Waals surface area (Å²) < 4.78 is 57.7. The Morgan fingerprint density at radius 2 is 1.72 bits per heavy atom. The number of phenols is 1. The van der Waals surface area contributed by atoms with Crippen LogP contribution in [0.15, 0.2) is 64.7 Å². The topological polar surface area (TPSA) is 175 Å². The Kier molecular flexibility index (Phi) is 10.6. The van der Waals surface area contributed by atoms with Gasteiger partial charge in [0, 0.05) is 29.7 Å². The van der Waals surface area contributed by atoms with Crippen LogP contribution in [0.3, 0.4) is 0 Å². The van der Waals surface area contributed by atoms with E-state index in [1.807, 2.05) is 0 Å². The quantitative estimate of drug-likeness (QED) is 0.112. The molecule has 0 saturated heterocycles. The van der Waals surface area contributed by atoms with Crippen molar-refractivity contribution in [1.29, 1.82) is 0 Å². The fraction of sp³-hybridized carbons (Fsp3) is 0.240. The highest BCUT2D eigenvalue weighted by molar-refractivity contribution is 7.92. The number of hydrogen-bond acceptors (Lipinski definition) is 9. The minimum absolute atomic E-state index is 0.132. The third-order valence-corrected chi connectivity index (χ3v) is 8.14. The summed E-state index contributed by atoms with van der Waals surface area (Å²) >= 11 is 5.45. The first-order valence-corrected chi connectivity index (χ1v) is 15.1. The summed E-state index contributed by atoms with van der Waals surface area (Å²) in [5.41, 5.74) is 1.82. The van der Waals surface area contributed by atoms with Crippen molar-refractivity contribution in [3.8, 4) is 5.75 Å². The van der Waals surface area contributed by atoms with E-state index in [-0.39, 0.29) is 28.4 Å². The van der Waals surface area contributed by atoms with E-state index in [1.165, 1.54) is 18.2 Å². The predicted molar refractivity (Wildman–Crippen MR) is 154 cm³/mol. The van der Waals surface area contributed by atoms with Crippen LogP contribution in [-0.2, 0) is 24.7 Å². The Bertz CT molecular complexity index is 1640. The van der Waals surface area contributed by atoms with Crippen LogP contribution in [0.1, 0.15) is 11.1 Å². The van der Waals surface area contributed by atoms with Gasteiger partial charge >= 0.3 is 0 Å². The fourth-order valence-corrected chi connectivity index (χ4v) is 5.83. The van der Waals surface area contributed by atoms with E-state index in [0.717, 1.165) is 5.56 Å². The van der Waals surface area contributed by atoms with Crippen molar-refractivity contribution >= 4 is 71.0 Å². The molecule has 0 aliphatic heterocycles. The summed E-state index contributed by atoms with van der Waals surface area (Å²) in [6.07, 6.45) is 0. The van der Waals surface area contributed by atoms with E-state index < -0.39 is 47.9 Å². The minimum Gasteiger partial charge on any atom is -0.505 e. The molecule has 0 atom stereocenters. The lowest BCUT2D eigenvalue weighted by molar-refractivity contribution is -0.113. The maximum absolute atomic E-state index is 12.2. The van der Waals surface area contributed by atoms with E-state index in [2.05, 4.69) is 34.0 Å². The van der Waals surface area contributed by atoms with Crippen LogP contribution in [-0.4, -0.2) is 56.8 Å². The fourth-order valence-electron chi connectivity index (χ4n) is 3.61. The number of fused-ring (bicyclic) bond motifs is 1. The lowest BCUT2D eigenvalue weighted by Crippen LogP contribution is -2.25. The number of nitrogens with one attached hydrogen (secondary N) is 2. The second kappa shape index (κ2) is 13.0. The Morgan fingerprint density at radius 3 is 2.31 bits per heavy atom. The Hall–Kier alpha value is -3.52. The Labute approximate surface area is 232 Å². The Morgan fingerprint density at radius 1 is 1.05 bits per heavy atom. The molecule has 0 heterocycles. The molecule has 14 heteroatoms. The number of hydrogen-bond donors (Lipinski definition) is 4. The molecule has 0 fully saturated rings. The van der Waals surface area contributed by atoms with Crippen molar-refractivity contribution in [3.05, 3.63) is 60.7 Å². The van der Waals surface area contributed by atoms with Gasteiger partial charge in [0.15, 0.2) is 15.6 Å². The van der Waals surface area contributed by atoms with Crippen molar-refractivity contribution in [2.75, 3.05) is 35.1 Å². The van der Waals surface area contributed by atoms with E-state index >= 15 is 0 Å². The number of halogens is 1. The van der Waals surface area contributed by atoms with E-state index in [4.69, 9.17) is 11.6 Å². The number of amides is 1. The van der Waals surface area contributed by atoms with Gasteiger partial charge in [-0.2, -0.15) is 13.5 Å². The average Bonchev–Trinajstić information content (AvgIpc) is 2.84. The maximum Gasteiger partial charge on any atom is 0.296 e. The highest BCUT2D eigenvalue weighted by Crippen LogP contribution is 2.44. The molecule has 0 aromatic heterocycles. The standard InChI is InChI=1S/C23H25ClN4O7S2.C2H4/c1-13-8-15-10-19(37(33,34)35)22(23(30)21(15)18(9-13)25-3)28-27-17-11-16(5-4-14(17)2)26-20(29)12-36(31,32)7-6-24;1-2/h4-5,8-11,25,30H,6-7,12H2,1-3H3,(H,26,29)(H,33,34,35);1-2H2. The molecule has 3 rings (SSSR count). The third kappa shape index (κ3) is 7.99. The zero-order valence-electron chi connectivity index (χ0n) is 21.5. The maximum atomic E-state index is 12.2.